The van der Waals surface area contributed by atoms with Gasteiger partial charge in [-0.2, -0.15) is 0 Å². The summed E-state index contributed by atoms with van der Waals surface area (Å²) in [5, 5.41) is 2.74. The summed E-state index contributed by atoms with van der Waals surface area (Å²) in [6, 6.07) is 14.7. The number of hydrogen-bond donors (Lipinski definition) is 1. The van der Waals surface area contributed by atoms with Crippen LogP contribution in [0.15, 0.2) is 53.0 Å². The zero-order valence-electron chi connectivity index (χ0n) is 13.5. The molecular weight excluding hydrogens is 374 g/mol. The largest absolute Gasteiger partial charge is 0.494 e. The standard InChI is InChI=1S/C18H20BrNO4/c1-2-22-15-7-9-16(10-8-15)23-12-11-20-18(21)13-24-17-5-3-14(19)4-6-17/h3-10H,2,11-13H2,1H3,(H,20,21). The Balaban J connectivity index is 1.61. The molecule has 0 radical (unpaired) electrons. The normalized spacial score (nSPS) is 10.1. The Kier molecular flexibility index (Phi) is 7.42. The molecule has 0 fully saturated rings. The molecule has 0 aliphatic heterocycles. The number of ether oxygens (including phenoxy) is 3. The third kappa shape index (κ3) is 6.50. The first kappa shape index (κ1) is 18.1. The van der Waals surface area contributed by atoms with Gasteiger partial charge in [-0.05, 0) is 55.5 Å². The Bertz CT molecular complexity index is 628. The van der Waals surface area contributed by atoms with Crippen LogP contribution in [0.1, 0.15) is 6.92 Å². The molecule has 1 N–H and O–H groups in total. The van der Waals surface area contributed by atoms with E-state index in [4.69, 9.17) is 14.2 Å². The van der Waals surface area contributed by atoms with Crippen LogP contribution in [0.5, 0.6) is 17.2 Å². The first-order valence-corrected chi connectivity index (χ1v) is 8.47. The minimum Gasteiger partial charge on any atom is -0.494 e. The van der Waals surface area contributed by atoms with E-state index < -0.39 is 0 Å². The van der Waals surface area contributed by atoms with Crippen LogP contribution in [0, 0.1) is 0 Å². The summed E-state index contributed by atoms with van der Waals surface area (Å²) >= 11 is 3.34. The Morgan fingerprint density at radius 3 is 2.08 bits per heavy atom. The summed E-state index contributed by atoms with van der Waals surface area (Å²) in [7, 11) is 0. The summed E-state index contributed by atoms with van der Waals surface area (Å²) in [5.41, 5.74) is 0. The summed E-state index contributed by atoms with van der Waals surface area (Å²) in [6.07, 6.45) is 0. The highest BCUT2D eigenvalue weighted by molar-refractivity contribution is 9.10. The van der Waals surface area contributed by atoms with Crippen molar-refractivity contribution in [2.75, 3.05) is 26.4 Å². The van der Waals surface area contributed by atoms with Gasteiger partial charge in [0.1, 0.15) is 23.9 Å². The Labute approximate surface area is 150 Å². The Morgan fingerprint density at radius 2 is 1.46 bits per heavy atom. The molecule has 2 rings (SSSR count). The van der Waals surface area contributed by atoms with Gasteiger partial charge in [-0.3, -0.25) is 4.79 Å². The third-order valence-electron chi connectivity index (χ3n) is 3.01. The maximum Gasteiger partial charge on any atom is 0.258 e. The second kappa shape index (κ2) is 9.82. The first-order valence-electron chi connectivity index (χ1n) is 7.68. The van der Waals surface area contributed by atoms with E-state index in [1.165, 1.54) is 0 Å². The maximum atomic E-state index is 11.7. The minimum atomic E-state index is -0.187. The molecule has 24 heavy (non-hydrogen) atoms. The van der Waals surface area contributed by atoms with E-state index in [0.29, 0.717) is 25.5 Å². The quantitative estimate of drug-likeness (QED) is 0.663. The molecule has 0 saturated heterocycles. The fourth-order valence-electron chi connectivity index (χ4n) is 1.89. The minimum absolute atomic E-state index is 0.0231. The highest BCUT2D eigenvalue weighted by atomic mass is 79.9. The summed E-state index contributed by atoms with van der Waals surface area (Å²) < 4.78 is 17.3. The fraction of sp³-hybridized carbons (Fsp3) is 0.278. The predicted molar refractivity (Wildman–Crippen MR) is 95.8 cm³/mol. The van der Waals surface area contributed by atoms with Crippen molar-refractivity contribution in [3.05, 3.63) is 53.0 Å². The number of rotatable bonds is 9. The SMILES string of the molecule is CCOc1ccc(OCCNC(=O)COc2ccc(Br)cc2)cc1. The first-order chi connectivity index (χ1) is 11.7. The summed E-state index contributed by atoms with van der Waals surface area (Å²) in [5.74, 6) is 2.01. The van der Waals surface area contributed by atoms with Gasteiger partial charge in [-0.25, -0.2) is 0 Å². The Morgan fingerprint density at radius 1 is 0.917 bits per heavy atom. The van der Waals surface area contributed by atoms with Crippen molar-refractivity contribution < 1.29 is 19.0 Å². The molecule has 0 saturated carbocycles. The number of benzene rings is 2. The number of hydrogen-bond acceptors (Lipinski definition) is 4. The maximum absolute atomic E-state index is 11.7. The van der Waals surface area contributed by atoms with E-state index in [2.05, 4.69) is 21.2 Å². The van der Waals surface area contributed by atoms with Crippen molar-refractivity contribution in [3.63, 3.8) is 0 Å². The molecule has 0 aliphatic rings. The van der Waals surface area contributed by atoms with Gasteiger partial charge in [0.2, 0.25) is 0 Å². The molecule has 0 atom stereocenters. The summed E-state index contributed by atoms with van der Waals surface area (Å²) in [4.78, 5) is 11.7. The number of amides is 1. The van der Waals surface area contributed by atoms with Gasteiger partial charge in [-0.15, -0.1) is 0 Å². The number of carbonyl (C=O) groups excluding carboxylic acids is 1. The molecule has 1 amide bonds. The van der Waals surface area contributed by atoms with Gasteiger partial charge in [-0.1, -0.05) is 15.9 Å². The van der Waals surface area contributed by atoms with Gasteiger partial charge in [0.25, 0.3) is 5.91 Å². The molecule has 0 aliphatic carbocycles. The summed E-state index contributed by atoms with van der Waals surface area (Å²) in [6.45, 7) is 3.35. The van der Waals surface area contributed by atoms with Crippen LogP contribution in [0.3, 0.4) is 0 Å². The molecule has 5 nitrogen and oxygen atoms in total. The lowest BCUT2D eigenvalue weighted by Gasteiger charge is -2.09. The number of carbonyl (C=O) groups is 1. The smallest absolute Gasteiger partial charge is 0.258 e. The molecular formula is C18H20BrNO4. The molecule has 128 valence electrons. The average molecular weight is 394 g/mol. The molecule has 2 aromatic rings. The second-order valence-corrected chi connectivity index (χ2v) is 5.76. The molecule has 0 spiro atoms. The van der Waals surface area contributed by atoms with Crippen molar-refractivity contribution in [2.24, 2.45) is 0 Å². The van der Waals surface area contributed by atoms with Crippen LogP contribution in [0.4, 0.5) is 0 Å². The van der Waals surface area contributed by atoms with Crippen LogP contribution in [-0.4, -0.2) is 32.3 Å². The van der Waals surface area contributed by atoms with E-state index in [1.54, 1.807) is 12.1 Å². The van der Waals surface area contributed by atoms with Gasteiger partial charge < -0.3 is 19.5 Å². The zero-order chi connectivity index (χ0) is 17.2. The van der Waals surface area contributed by atoms with Gasteiger partial charge in [0.15, 0.2) is 6.61 Å². The van der Waals surface area contributed by atoms with E-state index in [9.17, 15) is 4.79 Å². The van der Waals surface area contributed by atoms with Crippen LogP contribution < -0.4 is 19.5 Å². The van der Waals surface area contributed by atoms with E-state index >= 15 is 0 Å². The van der Waals surface area contributed by atoms with E-state index in [-0.39, 0.29) is 12.5 Å². The second-order valence-electron chi connectivity index (χ2n) is 4.85. The molecule has 0 aromatic heterocycles. The van der Waals surface area contributed by atoms with Crippen LogP contribution in [0.25, 0.3) is 0 Å². The Hall–Kier alpha value is -2.21. The molecule has 6 heteroatoms. The van der Waals surface area contributed by atoms with Gasteiger partial charge >= 0.3 is 0 Å². The third-order valence-corrected chi connectivity index (χ3v) is 3.54. The van der Waals surface area contributed by atoms with Crippen molar-refractivity contribution in [2.45, 2.75) is 6.92 Å². The lowest BCUT2D eigenvalue weighted by atomic mass is 10.3. The van der Waals surface area contributed by atoms with E-state index in [0.717, 1.165) is 16.0 Å². The molecule has 2 aromatic carbocycles. The lowest BCUT2D eigenvalue weighted by Crippen LogP contribution is -2.32. The van der Waals surface area contributed by atoms with Crippen molar-refractivity contribution in [1.29, 1.82) is 0 Å². The number of nitrogens with one attached hydrogen (secondary N) is 1. The van der Waals surface area contributed by atoms with Crippen molar-refractivity contribution in [3.8, 4) is 17.2 Å². The zero-order valence-corrected chi connectivity index (χ0v) is 15.0. The van der Waals surface area contributed by atoms with Crippen LogP contribution in [-0.2, 0) is 4.79 Å². The molecule has 0 unspecified atom stereocenters. The van der Waals surface area contributed by atoms with Crippen molar-refractivity contribution in [1.82, 2.24) is 5.32 Å². The van der Waals surface area contributed by atoms with Crippen LogP contribution >= 0.6 is 15.9 Å². The van der Waals surface area contributed by atoms with Crippen LogP contribution in [0.2, 0.25) is 0 Å². The highest BCUT2D eigenvalue weighted by Gasteiger charge is 2.03. The fourth-order valence-corrected chi connectivity index (χ4v) is 2.15. The molecule has 0 bridgehead atoms. The van der Waals surface area contributed by atoms with Gasteiger partial charge in [0.05, 0.1) is 13.2 Å². The molecule has 0 heterocycles. The predicted octanol–water partition coefficient (Wildman–Crippen LogP) is 3.42. The van der Waals surface area contributed by atoms with E-state index in [1.807, 2.05) is 43.3 Å². The topological polar surface area (TPSA) is 56.8 Å². The monoisotopic (exact) mass is 393 g/mol. The van der Waals surface area contributed by atoms with Gasteiger partial charge in [0, 0.05) is 4.47 Å². The average Bonchev–Trinajstić information content (AvgIpc) is 2.60. The van der Waals surface area contributed by atoms with Crippen molar-refractivity contribution >= 4 is 21.8 Å². The number of halogens is 1. The lowest BCUT2D eigenvalue weighted by molar-refractivity contribution is -0.123. The highest BCUT2D eigenvalue weighted by Crippen LogP contribution is 2.17.